The van der Waals surface area contributed by atoms with Gasteiger partial charge in [0.2, 0.25) is 5.88 Å². The summed E-state index contributed by atoms with van der Waals surface area (Å²) in [7, 11) is 0. The molecule has 3 aromatic rings. The number of fused-ring (bicyclic) bond motifs is 1. The van der Waals surface area contributed by atoms with E-state index in [1.807, 2.05) is 13.8 Å². The molecule has 1 fully saturated rings. The minimum absolute atomic E-state index is 0.0335. The molecule has 1 saturated heterocycles. The van der Waals surface area contributed by atoms with Crippen LogP contribution in [-0.2, 0) is 4.79 Å². The second-order valence-corrected chi connectivity index (χ2v) is 8.42. The van der Waals surface area contributed by atoms with E-state index in [-0.39, 0.29) is 34.0 Å². The first-order valence-electron chi connectivity index (χ1n) is 9.07. The molecule has 0 atom stereocenters. The van der Waals surface area contributed by atoms with E-state index in [0.29, 0.717) is 9.97 Å². The topological polar surface area (TPSA) is 63.9 Å². The number of carbonyl (C=O) groups excluding carboxylic acids is 1. The third kappa shape index (κ3) is 3.61. The minimum atomic E-state index is -0.593. The predicted molar refractivity (Wildman–Crippen MR) is 118 cm³/mol. The zero-order chi connectivity index (χ0) is 21.4. The van der Waals surface area contributed by atoms with Crippen LogP contribution in [0.4, 0.5) is 4.39 Å². The number of rotatable bonds is 4. The standard InChI is InChI=1S/C21H16FN3O3S2/c1-12(2)25-20(27)16(30-21(25)29)11-13-18(28-15-8-4-3-7-14(15)22)23-17-9-5-6-10-24(17)19(13)26/h3-12H,1-2H3. The largest absolute Gasteiger partial charge is 0.435 e. The molecular formula is C21H16FN3O3S2. The number of pyridine rings is 1. The molecule has 1 aliphatic rings. The van der Waals surface area contributed by atoms with Crippen LogP contribution in [0, 0.1) is 5.82 Å². The third-order valence-electron chi connectivity index (χ3n) is 4.39. The zero-order valence-electron chi connectivity index (χ0n) is 16.0. The number of para-hydroxylation sites is 1. The molecule has 0 spiro atoms. The maximum atomic E-state index is 14.1. The van der Waals surface area contributed by atoms with Crippen molar-refractivity contribution in [3.05, 3.63) is 75.3 Å². The lowest BCUT2D eigenvalue weighted by Gasteiger charge is -2.18. The fourth-order valence-corrected chi connectivity index (χ4v) is 4.48. The van der Waals surface area contributed by atoms with Crippen molar-refractivity contribution in [2.24, 2.45) is 0 Å². The highest BCUT2D eigenvalue weighted by Gasteiger charge is 2.34. The number of hydrogen-bond acceptors (Lipinski definition) is 6. The molecule has 2 aromatic heterocycles. The molecular weight excluding hydrogens is 425 g/mol. The van der Waals surface area contributed by atoms with E-state index in [2.05, 4.69) is 4.98 Å². The van der Waals surface area contributed by atoms with E-state index in [1.54, 1.807) is 30.5 Å². The van der Waals surface area contributed by atoms with Gasteiger partial charge in [-0.05, 0) is 44.2 Å². The summed E-state index contributed by atoms with van der Waals surface area (Å²) in [5.74, 6) is -1.06. The van der Waals surface area contributed by atoms with Crippen molar-refractivity contribution >= 4 is 45.9 Å². The van der Waals surface area contributed by atoms with Gasteiger partial charge in [-0.1, -0.05) is 42.2 Å². The molecule has 152 valence electrons. The summed E-state index contributed by atoms with van der Waals surface area (Å²) in [5.41, 5.74) is -0.0753. The van der Waals surface area contributed by atoms with Gasteiger partial charge in [-0.3, -0.25) is 18.9 Å². The number of halogens is 1. The van der Waals surface area contributed by atoms with Crippen LogP contribution in [0.5, 0.6) is 11.6 Å². The van der Waals surface area contributed by atoms with Crippen LogP contribution in [0.1, 0.15) is 19.4 Å². The Morgan fingerprint density at radius 3 is 2.60 bits per heavy atom. The SMILES string of the molecule is CC(C)N1C(=O)C(=Cc2c(Oc3ccccc3F)nc3ccccn3c2=O)SC1=S. The van der Waals surface area contributed by atoms with Crippen LogP contribution in [0.2, 0.25) is 0 Å². The van der Waals surface area contributed by atoms with Crippen molar-refractivity contribution in [3.63, 3.8) is 0 Å². The Morgan fingerprint density at radius 1 is 1.17 bits per heavy atom. The van der Waals surface area contributed by atoms with Crippen LogP contribution >= 0.6 is 24.0 Å². The van der Waals surface area contributed by atoms with E-state index in [1.165, 1.54) is 33.6 Å². The maximum Gasteiger partial charge on any atom is 0.269 e. The van der Waals surface area contributed by atoms with Gasteiger partial charge in [-0.2, -0.15) is 4.98 Å². The van der Waals surface area contributed by atoms with Crippen molar-refractivity contribution in [2.75, 3.05) is 0 Å². The Kier molecular flexibility index (Phi) is 5.40. The Morgan fingerprint density at radius 2 is 1.90 bits per heavy atom. The second-order valence-electron chi connectivity index (χ2n) is 6.74. The Hall–Kier alpha value is -3.04. The molecule has 1 aliphatic heterocycles. The molecule has 0 N–H and O–H groups in total. The number of hydrogen-bond donors (Lipinski definition) is 0. The van der Waals surface area contributed by atoms with Gasteiger partial charge in [-0.25, -0.2) is 4.39 Å². The van der Waals surface area contributed by atoms with Crippen molar-refractivity contribution in [1.29, 1.82) is 0 Å². The summed E-state index contributed by atoms with van der Waals surface area (Å²) in [5, 5.41) is 0. The molecule has 1 amide bonds. The van der Waals surface area contributed by atoms with Gasteiger partial charge in [0.05, 0.1) is 4.91 Å². The summed E-state index contributed by atoms with van der Waals surface area (Å²) < 4.78 is 21.6. The first kappa shape index (κ1) is 20.2. The highest BCUT2D eigenvalue weighted by Crippen LogP contribution is 2.35. The van der Waals surface area contributed by atoms with Crippen LogP contribution in [0.3, 0.4) is 0 Å². The molecule has 30 heavy (non-hydrogen) atoms. The van der Waals surface area contributed by atoms with E-state index in [4.69, 9.17) is 17.0 Å². The first-order chi connectivity index (χ1) is 14.4. The van der Waals surface area contributed by atoms with E-state index >= 15 is 0 Å². The molecule has 9 heteroatoms. The van der Waals surface area contributed by atoms with Crippen LogP contribution in [0.25, 0.3) is 11.7 Å². The summed E-state index contributed by atoms with van der Waals surface area (Å²) in [4.78, 5) is 32.1. The van der Waals surface area contributed by atoms with Gasteiger partial charge >= 0.3 is 0 Å². The second kappa shape index (κ2) is 8.00. The zero-order valence-corrected chi connectivity index (χ0v) is 17.7. The first-order valence-corrected chi connectivity index (χ1v) is 10.3. The molecule has 4 rings (SSSR count). The molecule has 6 nitrogen and oxygen atoms in total. The van der Waals surface area contributed by atoms with E-state index in [9.17, 15) is 14.0 Å². The number of amides is 1. The number of thiocarbonyl (C=S) groups is 1. The highest BCUT2D eigenvalue weighted by atomic mass is 32.2. The fraction of sp³-hybridized carbons (Fsp3) is 0.143. The summed E-state index contributed by atoms with van der Waals surface area (Å²) in [6.45, 7) is 3.71. The van der Waals surface area contributed by atoms with Gasteiger partial charge in [0.1, 0.15) is 15.5 Å². The van der Waals surface area contributed by atoms with Crippen LogP contribution in [0.15, 0.2) is 58.4 Å². The smallest absolute Gasteiger partial charge is 0.269 e. The summed E-state index contributed by atoms with van der Waals surface area (Å²) >= 11 is 6.40. The monoisotopic (exact) mass is 441 g/mol. The third-order valence-corrected chi connectivity index (χ3v) is 5.72. The maximum absolute atomic E-state index is 14.1. The van der Waals surface area contributed by atoms with Gasteiger partial charge in [0, 0.05) is 12.2 Å². The highest BCUT2D eigenvalue weighted by molar-refractivity contribution is 8.26. The van der Waals surface area contributed by atoms with Crippen LogP contribution < -0.4 is 10.3 Å². The van der Waals surface area contributed by atoms with Crippen molar-refractivity contribution < 1.29 is 13.9 Å². The number of thioether (sulfide) groups is 1. The lowest BCUT2D eigenvalue weighted by atomic mass is 10.2. The van der Waals surface area contributed by atoms with Crippen molar-refractivity contribution in [3.8, 4) is 11.6 Å². The number of nitrogens with zero attached hydrogens (tertiary/aromatic N) is 3. The normalized spacial score (nSPS) is 15.6. The average molecular weight is 442 g/mol. The molecule has 3 heterocycles. The lowest BCUT2D eigenvalue weighted by molar-refractivity contribution is -0.123. The number of aromatic nitrogens is 2. The van der Waals surface area contributed by atoms with Crippen molar-refractivity contribution in [1.82, 2.24) is 14.3 Å². The predicted octanol–water partition coefficient (Wildman–Crippen LogP) is 4.24. The Bertz CT molecular complexity index is 1270. The molecule has 1 aromatic carbocycles. The van der Waals surface area contributed by atoms with Crippen LogP contribution in [-0.4, -0.2) is 30.6 Å². The van der Waals surface area contributed by atoms with Gasteiger partial charge < -0.3 is 4.74 Å². The quantitative estimate of drug-likeness (QED) is 0.446. The average Bonchev–Trinajstić information content (AvgIpc) is 2.99. The number of carbonyl (C=O) groups is 1. The lowest BCUT2D eigenvalue weighted by Crippen LogP contribution is -2.34. The Labute approximate surface area is 181 Å². The molecule has 0 saturated carbocycles. The molecule has 0 aliphatic carbocycles. The molecule has 0 bridgehead atoms. The minimum Gasteiger partial charge on any atom is -0.435 e. The summed E-state index contributed by atoms with van der Waals surface area (Å²) in [6, 6.07) is 10.8. The molecule has 0 unspecified atom stereocenters. The van der Waals surface area contributed by atoms with E-state index in [0.717, 1.165) is 11.8 Å². The number of ether oxygens (including phenoxy) is 1. The van der Waals surface area contributed by atoms with Gasteiger partial charge in [-0.15, -0.1) is 0 Å². The fourth-order valence-electron chi connectivity index (χ4n) is 2.97. The Balaban J connectivity index is 1.89. The van der Waals surface area contributed by atoms with E-state index < -0.39 is 11.4 Å². The summed E-state index contributed by atoms with van der Waals surface area (Å²) in [6.07, 6.45) is 2.97. The van der Waals surface area contributed by atoms with Crippen molar-refractivity contribution in [2.45, 2.75) is 19.9 Å². The molecule has 0 radical (unpaired) electrons. The van der Waals surface area contributed by atoms with Gasteiger partial charge in [0.15, 0.2) is 11.6 Å². The number of benzene rings is 1. The van der Waals surface area contributed by atoms with Gasteiger partial charge in [0.25, 0.3) is 11.5 Å².